The summed E-state index contributed by atoms with van der Waals surface area (Å²) in [6, 6.07) is 21.0. The van der Waals surface area contributed by atoms with E-state index in [1.165, 1.54) is 16.7 Å². The standard InChI is InChI=1S/C25H20N4O/c30-25-24-20-11-10-19-15-27-22(14-21(19)23(20)28-29(24)13-12-26-25)18-8-6-17(7-9-18)16-4-2-1-3-5-16/h1-9,14-15H,10-13H2,(H,26,30). The highest BCUT2D eigenvalue weighted by Crippen LogP contribution is 2.37. The lowest BCUT2D eigenvalue weighted by molar-refractivity contribution is 0.0923. The molecule has 1 amide bonds. The van der Waals surface area contributed by atoms with Crippen LogP contribution in [0.2, 0.25) is 0 Å². The minimum atomic E-state index is -0.00997. The van der Waals surface area contributed by atoms with Crippen molar-refractivity contribution in [2.75, 3.05) is 6.54 Å². The summed E-state index contributed by atoms with van der Waals surface area (Å²) in [4.78, 5) is 17.1. The van der Waals surface area contributed by atoms with Crippen LogP contribution in [0.1, 0.15) is 21.6 Å². The van der Waals surface area contributed by atoms with E-state index in [9.17, 15) is 4.79 Å². The normalized spacial score (nSPS) is 14.5. The van der Waals surface area contributed by atoms with Crippen LogP contribution in [0.5, 0.6) is 0 Å². The zero-order valence-electron chi connectivity index (χ0n) is 16.4. The second-order valence-corrected chi connectivity index (χ2v) is 7.82. The Balaban J connectivity index is 1.41. The van der Waals surface area contributed by atoms with E-state index in [1.54, 1.807) is 0 Å². The average molecular weight is 392 g/mol. The van der Waals surface area contributed by atoms with Crippen LogP contribution in [-0.4, -0.2) is 27.2 Å². The molecule has 0 unspecified atom stereocenters. The third-order valence-corrected chi connectivity index (χ3v) is 6.05. The Hall–Kier alpha value is -3.73. The fourth-order valence-electron chi connectivity index (χ4n) is 4.51. The Labute approximate surface area is 174 Å². The van der Waals surface area contributed by atoms with Crippen molar-refractivity contribution in [3.63, 3.8) is 0 Å². The molecule has 146 valence electrons. The number of carbonyl (C=O) groups is 1. The second kappa shape index (κ2) is 6.66. The maximum absolute atomic E-state index is 12.4. The van der Waals surface area contributed by atoms with Gasteiger partial charge in [-0.05, 0) is 35.6 Å². The van der Waals surface area contributed by atoms with Gasteiger partial charge in [0.2, 0.25) is 0 Å². The van der Waals surface area contributed by atoms with Gasteiger partial charge in [0, 0.05) is 29.4 Å². The van der Waals surface area contributed by atoms with Gasteiger partial charge in [0.05, 0.1) is 17.9 Å². The lowest BCUT2D eigenvalue weighted by Crippen LogP contribution is -2.36. The Morgan fingerprint density at radius 1 is 0.900 bits per heavy atom. The molecule has 0 saturated heterocycles. The first-order valence-electron chi connectivity index (χ1n) is 10.3. The molecule has 4 aromatic rings. The van der Waals surface area contributed by atoms with E-state index in [0.29, 0.717) is 6.54 Å². The number of nitrogens with one attached hydrogen (secondary N) is 1. The van der Waals surface area contributed by atoms with Crippen molar-refractivity contribution in [2.24, 2.45) is 0 Å². The molecule has 0 radical (unpaired) electrons. The van der Waals surface area contributed by atoms with E-state index in [-0.39, 0.29) is 5.91 Å². The Morgan fingerprint density at radius 2 is 1.67 bits per heavy atom. The third-order valence-electron chi connectivity index (χ3n) is 6.05. The number of nitrogens with zero attached hydrogens (tertiary/aromatic N) is 3. The number of aryl methyl sites for hydroxylation is 1. The molecule has 30 heavy (non-hydrogen) atoms. The molecule has 0 bridgehead atoms. The van der Waals surface area contributed by atoms with Crippen molar-refractivity contribution in [3.8, 4) is 33.6 Å². The summed E-state index contributed by atoms with van der Waals surface area (Å²) in [6.45, 7) is 1.36. The summed E-state index contributed by atoms with van der Waals surface area (Å²) in [5.41, 5.74) is 9.42. The number of benzene rings is 2. The van der Waals surface area contributed by atoms with E-state index in [0.717, 1.165) is 53.2 Å². The number of carbonyl (C=O) groups excluding carboxylic acids is 1. The molecule has 1 N–H and O–H groups in total. The summed E-state index contributed by atoms with van der Waals surface area (Å²) >= 11 is 0. The maximum Gasteiger partial charge on any atom is 0.269 e. The van der Waals surface area contributed by atoms with Gasteiger partial charge >= 0.3 is 0 Å². The molecule has 0 saturated carbocycles. The topological polar surface area (TPSA) is 59.8 Å². The predicted octanol–water partition coefficient (Wildman–Crippen LogP) is 4.12. The van der Waals surface area contributed by atoms with E-state index in [4.69, 9.17) is 10.1 Å². The van der Waals surface area contributed by atoms with Crippen LogP contribution in [0.3, 0.4) is 0 Å². The number of hydrogen-bond acceptors (Lipinski definition) is 3. The van der Waals surface area contributed by atoms with Crippen LogP contribution in [0.15, 0.2) is 66.9 Å². The summed E-state index contributed by atoms with van der Waals surface area (Å²) in [5, 5.41) is 7.74. The summed E-state index contributed by atoms with van der Waals surface area (Å²) in [7, 11) is 0. The highest BCUT2D eigenvalue weighted by molar-refractivity contribution is 5.97. The molecule has 6 rings (SSSR count). The largest absolute Gasteiger partial charge is 0.349 e. The summed E-state index contributed by atoms with van der Waals surface area (Å²) in [5.74, 6) is -0.00997. The van der Waals surface area contributed by atoms with Crippen molar-refractivity contribution < 1.29 is 4.79 Å². The van der Waals surface area contributed by atoms with Gasteiger partial charge in [0.15, 0.2) is 0 Å². The first kappa shape index (κ1) is 17.2. The first-order chi connectivity index (χ1) is 14.8. The highest BCUT2D eigenvalue weighted by Gasteiger charge is 2.30. The molecule has 5 nitrogen and oxygen atoms in total. The van der Waals surface area contributed by atoms with Crippen LogP contribution in [0.4, 0.5) is 0 Å². The Kier molecular flexibility index (Phi) is 3.81. The van der Waals surface area contributed by atoms with Gasteiger partial charge in [-0.3, -0.25) is 14.5 Å². The number of fused-ring (bicyclic) bond motifs is 5. The number of amides is 1. The SMILES string of the molecule is O=C1NCCn2nc3c(c21)CCc1cnc(-c2ccc(-c4ccccc4)cc2)cc1-3. The van der Waals surface area contributed by atoms with Crippen LogP contribution in [0, 0.1) is 0 Å². The highest BCUT2D eigenvalue weighted by atomic mass is 16.2. The molecule has 2 aromatic carbocycles. The van der Waals surface area contributed by atoms with E-state index in [2.05, 4.69) is 59.9 Å². The van der Waals surface area contributed by atoms with E-state index >= 15 is 0 Å². The number of pyridine rings is 1. The van der Waals surface area contributed by atoms with Crippen molar-refractivity contribution in [1.29, 1.82) is 0 Å². The molecule has 0 fully saturated rings. The van der Waals surface area contributed by atoms with Gasteiger partial charge in [-0.1, -0.05) is 54.6 Å². The van der Waals surface area contributed by atoms with E-state index < -0.39 is 0 Å². The smallest absolute Gasteiger partial charge is 0.269 e. The number of aromatic nitrogens is 3. The first-order valence-corrected chi connectivity index (χ1v) is 10.3. The fourth-order valence-corrected chi connectivity index (χ4v) is 4.51. The molecule has 5 heteroatoms. The van der Waals surface area contributed by atoms with Crippen LogP contribution in [-0.2, 0) is 19.4 Å². The Bertz CT molecular complexity index is 1270. The summed E-state index contributed by atoms with van der Waals surface area (Å²) in [6.07, 6.45) is 3.68. The van der Waals surface area contributed by atoms with Crippen LogP contribution >= 0.6 is 0 Å². The molecule has 1 aliphatic carbocycles. The fraction of sp³-hybridized carbons (Fsp3) is 0.160. The van der Waals surface area contributed by atoms with Gasteiger partial charge in [0.1, 0.15) is 5.69 Å². The van der Waals surface area contributed by atoms with Crippen molar-refractivity contribution in [2.45, 2.75) is 19.4 Å². The predicted molar refractivity (Wildman–Crippen MR) is 116 cm³/mol. The van der Waals surface area contributed by atoms with Crippen LogP contribution < -0.4 is 5.32 Å². The number of rotatable bonds is 2. The van der Waals surface area contributed by atoms with Gasteiger partial charge in [-0.15, -0.1) is 0 Å². The molecule has 2 aliphatic rings. The average Bonchev–Trinajstić information content (AvgIpc) is 3.20. The summed E-state index contributed by atoms with van der Waals surface area (Å²) < 4.78 is 1.87. The molecule has 0 atom stereocenters. The molecule has 1 aliphatic heterocycles. The van der Waals surface area contributed by atoms with Crippen molar-refractivity contribution in [1.82, 2.24) is 20.1 Å². The zero-order valence-corrected chi connectivity index (χ0v) is 16.4. The number of hydrogen-bond donors (Lipinski definition) is 1. The molecule has 0 spiro atoms. The quantitative estimate of drug-likeness (QED) is 0.558. The molecule has 3 heterocycles. The lowest BCUT2D eigenvalue weighted by atomic mass is 9.89. The second-order valence-electron chi connectivity index (χ2n) is 7.82. The molecule has 2 aromatic heterocycles. The zero-order chi connectivity index (χ0) is 20.1. The monoisotopic (exact) mass is 392 g/mol. The lowest BCUT2D eigenvalue weighted by Gasteiger charge is -2.18. The van der Waals surface area contributed by atoms with E-state index in [1.807, 2.05) is 16.9 Å². The van der Waals surface area contributed by atoms with Gasteiger partial charge in [-0.25, -0.2) is 0 Å². The maximum atomic E-state index is 12.4. The molecular weight excluding hydrogens is 372 g/mol. The van der Waals surface area contributed by atoms with Crippen LogP contribution in [0.25, 0.3) is 33.6 Å². The molecular formula is C25H20N4O. The minimum absolute atomic E-state index is 0.00997. The van der Waals surface area contributed by atoms with Gasteiger partial charge in [-0.2, -0.15) is 5.10 Å². The van der Waals surface area contributed by atoms with Gasteiger partial charge in [0.25, 0.3) is 5.91 Å². The Morgan fingerprint density at radius 3 is 2.50 bits per heavy atom. The van der Waals surface area contributed by atoms with Crippen molar-refractivity contribution in [3.05, 3.63) is 83.7 Å². The van der Waals surface area contributed by atoms with Crippen molar-refractivity contribution >= 4 is 5.91 Å². The third kappa shape index (κ3) is 2.66. The van der Waals surface area contributed by atoms with Gasteiger partial charge < -0.3 is 5.32 Å². The minimum Gasteiger partial charge on any atom is -0.349 e.